The van der Waals surface area contributed by atoms with Gasteiger partial charge in [0.05, 0.1) is 0 Å². The standard InChI is InChI=1S/C10H18/c1-7-4-5-8-6-9(7)10(8,2)3/h7-9H,4-6H2,1-3H3/t7-,8-,9-/m1/s1. The fraction of sp³-hybridized carbons (Fsp3) is 1.00. The third-order valence-electron chi connectivity index (χ3n) is 4.20. The van der Waals surface area contributed by atoms with Crippen molar-refractivity contribution in [1.82, 2.24) is 0 Å². The summed E-state index contributed by atoms with van der Waals surface area (Å²) < 4.78 is 0. The number of fused-ring (bicyclic) bond motifs is 2. The molecule has 0 aromatic carbocycles. The average Bonchev–Trinajstić information content (AvgIpc) is 1.87. The molecule has 0 radical (unpaired) electrons. The highest BCUT2D eigenvalue weighted by molar-refractivity contribution is 5.01. The number of rotatable bonds is 0. The van der Waals surface area contributed by atoms with Gasteiger partial charge in [-0.15, -0.1) is 0 Å². The lowest BCUT2D eigenvalue weighted by Gasteiger charge is -2.59. The molecule has 0 aromatic heterocycles. The zero-order chi connectivity index (χ0) is 7.35. The molecule has 0 spiro atoms. The van der Waals surface area contributed by atoms with Crippen LogP contribution in [0.15, 0.2) is 0 Å². The van der Waals surface area contributed by atoms with E-state index in [0.717, 1.165) is 17.8 Å². The van der Waals surface area contributed by atoms with E-state index < -0.39 is 0 Å². The topological polar surface area (TPSA) is 0 Å². The molecule has 0 amide bonds. The molecule has 58 valence electrons. The second kappa shape index (κ2) is 1.78. The highest BCUT2D eigenvalue weighted by atomic mass is 14.6. The van der Waals surface area contributed by atoms with Crippen molar-refractivity contribution in [2.45, 2.75) is 40.0 Å². The van der Waals surface area contributed by atoms with E-state index in [-0.39, 0.29) is 0 Å². The van der Waals surface area contributed by atoms with Crippen molar-refractivity contribution in [3.63, 3.8) is 0 Å². The van der Waals surface area contributed by atoms with Gasteiger partial charge in [-0.1, -0.05) is 27.2 Å². The normalized spacial score (nSPS) is 50.1. The Hall–Kier alpha value is 0. The fourth-order valence-electron chi connectivity index (χ4n) is 3.18. The third kappa shape index (κ3) is 0.627. The predicted molar refractivity (Wildman–Crippen MR) is 43.8 cm³/mol. The summed E-state index contributed by atoms with van der Waals surface area (Å²) in [5.74, 6) is 3.15. The summed E-state index contributed by atoms with van der Waals surface area (Å²) in [6.45, 7) is 7.35. The SMILES string of the molecule is C[C@@H]1CC[C@@H]2C[C@H]1C2(C)C. The van der Waals surface area contributed by atoms with Crippen molar-refractivity contribution >= 4 is 0 Å². The molecule has 0 N–H and O–H groups in total. The van der Waals surface area contributed by atoms with Crippen LogP contribution < -0.4 is 0 Å². The van der Waals surface area contributed by atoms with Crippen LogP contribution >= 0.6 is 0 Å². The Balaban J connectivity index is 2.16. The molecular formula is C10H18. The van der Waals surface area contributed by atoms with Gasteiger partial charge in [0, 0.05) is 0 Å². The fourth-order valence-corrected chi connectivity index (χ4v) is 3.18. The molecule has 0 aromatic rings. The first kappa shape index (κ1) is 6.69. The largest absolute Gasteiger partial charge is 0.0622 e. The van der Waals surface area contributed by atoms with Crippen LogP contribution in [-0.4, -0.2) is 0 Å². The summed E-state index contributed by atoms with van der Waals surface area (Å²) in [5.41, 5.74) is 0.706. The van der Waals surface area contributed by atoms with E-state index >= 15 is 0 Å². The Morgan fingerprint density at radius 2 is 1.90 bits per heavy atom. The van der Waals surface area contributed by atoms with Gasteiger partial charge in [0.25, 0.3) is 0 Å². The number of hydrogen-bond donors (Lipinski definition) is 0. The van der Waals surface area contributed by atoms with E-state index in [4.69, 9.17) is 0 Å². The van der Waals surface area contributed by atoms with Crippen LogP contribution in [0.25, 0.3) is 0 Å². The van der Waals surface area contributed by atoms with Gasteiger partial charge in [-0.25, -0.2) is 0 Å². The van der Waals surface area contributed by atoms with Crippen LogP contribution in [0.4, 0.5) is 0 Å². The second-order valence-corrected chi connectivity index (χ2v) is 4.92. The quantitative estimate of drug-likeness (QED) is 0.482. The van der Waals surface area contributed by atoms with Crippen LogP contribution in [-0.2, 0) is 0 Å². The minimum atomic E-state index is 0.706. The first-order valence-corrected chi connectivity index (χ1v) is 4.62. The molecule has 3 aliphatic carbocycles. The van der Waals surface area contributed by atoms with Crippen molar-refractivity contribution in [2.24, 2.45) is 23.2 Å². The van der Waals surface area contributed by atoms with Crippen LogP contribution in [0.2, 0.25) is 0 Å². The smallest absolute Gasteiger partial charge is 0.0295 e. The molecular weight excluding hydrogens is 120 g/mol. The minimum absolute atomic E-state index is 0.706. The molecule has 0 unspecified atom stereocenters. The molecule has 0 heterocycles. The Morgan fingerprint density at radius 1 is 1.20 bits per heavy atom. The molecule has 10 heavy (non-hydrogen) atoms. The van der Waals surface area contributed by atoms with E-state index in [1.807, 2.05) is 0 Å². The molecule has 3 saturated carbocycles. The lowest BCUT2D eigenvalue weighted by molar-refractivity contribution is -0.0988. The molecule has 0 heteroatoms. The summed E-state index contributed by atoms with van der Waals surface area (Å²) in [7, 11) is 0. The molecule has 2 bridgehead atoms. The third-order valence-corrected chi connectivity index (χ3v) is 4.20. The first-order valence-electron chi connectivity index (χ1n) is 4.62. The maximum Gasteiger partial charge on any atom is -0.0295 e. The Kier molecular flexibility index (Phi) is 1.19. The average molecular weight is 138 g/mol. The summed E-state index contributed by atoms with van der Waals surface area (Å²) in [4.78, 5) is 0. The summed E-state index contributed by atoms with van der Waals surface area (Å²) in [5, 5.41) is 0. The molecule has 3 rings (SSSR count). The van der Waals surface area contributed by atoms with Crippen molar-refractivity contribution < 1.29 is 0 Å². The lowest BCUT2D eigenvalue weighted by Crippen LogP contribution is -2.51. The summed E-state index contributed by atoms with van der Waals surface area (Å²) >= 11 is 0. The highest BCUT2D eigenvalue weighted by Gasteiger charge is 2.52. The molecule has 3 atom stereocenters. The molecule has 3 fully saturated rings. The molecule has 0 aliphatic heterocycles. The summed E-state index contributed by atoms with van der Waals surface area (Å²) in [6.07, 6.45) is 4.54. The van der Waals surface area contributed by atoms with Crippen molar-refractivity contribution in [3.8, 4) is 0 Å². The van der Waals surface area contributed by atoms with Gasteiger partial charge < -0.3 is 0 Å². The van der Waals surface area contributed by atoms with Gasteiger partial charge in [0.1, 0.15) is 0 Å². The minimum Gasteiger partial charge on any atom is -0.0622 e. The van der Waals surface area contributed by atoms with Gasteiger partial charge in [0.15, 0.2) is 0 Å². The van der Waals surface area contributed by atoms with Gasteiger partial charge in [-0.2, -0.15) is 0 Å². The van der Waals surface area contributed by atoms with E-state index in [9.17, 15) is 0 Å². The van der Waals surface area contributed by atoms with Crippen LogP contribution in [0.3, 0.4) is 0 Å². The Morgan fingerprint density at radius 3 is 2.20 bits per heavy atom. The van der Waals surface area contributed by atoms with Crippen LogP contribution in [0, 0.1) is 23.2 Å². The second-order valence-electron chi connectivity index (χ2n) is 4.92. The zero-order valence-corrected chi connectivity index (χ0v) is 7.35. The van der Waals surface area contributed by atoms with Gasteiger partial charge in [-0.05, 0) is 36.0 Å². The van der Waals surface area contributed by atoms with Gasteiger partial charge in [-0.3, -0.25) is 0 Å². The Labute approximate surface area is 64.0 Å². The highest BCUT2D eigenvalue weighted by Crippen LogP contribution is 2.61. The maximum absolute atomic E-state index is 2.46. The van der Waals surface area contributed by atoms with Gasteiger partial charge >= 0.3 is 0 Å². The van der Waals surface area contributed by atoms with E-state index in [0.29, 0.717) is 5.41 Å². The number of hydrogen-bond acceptors (Lipinski definition) is 0. The van der Waals surface area contributed by atoms with E-state index in [1.54, 1.807) is 0 Å². The van der Waals surface area contributed by atoms with E-state index in [1.165, 1.54) is 19.3 Å². The van der Waals surface area contributed by atoms with Gasteiger partial charge in [0.2, 0.25) is 0 Å². The first-order chi connectivity index (χ1) is 4.62. The maximum atomic E-state index is 2.46. The zero-order valence-electron chi connectivity index (χ0n) is 7.35. The van der Waals surface area contributed by atoms with Crippen LogP contribution in [0.5, 0.6) is 0 Å². The van der Waals surface area contributed by atoms with Crippen molar-refractivity contribution in [3.05, 3.63) is 0 Å². The van der Waals surface area contributed by atoms with Crippen molar-refractivity contribution in [2.75, 3.05) is 0 Å². The van der Waals surface area contributed by atoms with Crippen LogP contribution in [0.1, 0.15) is 40.0 Å². The molecule has 0 nitrogen and oxygen atoms in total. The Bertz CT molecular complexity index is 144. The predicted octanol–water partition coefficient (Wildman–Crippen LogP) is 3.08. The molecule has 0 saturated heterocycles. The van der Waals surface area contributed by atoms with Crippen molar-refractivity contribution in [1.29, 1.82) is 0 Å². The lowest BCUT2D eigenvalue weighted by atomic mass is 9.46. The van der Waals surface area contributed by atoms with E-state index in [2.05, 4.69) is 20.8 Å². The molecule has 3 aliphatic rings. The monoisotopic (exact) mass is 138 g/mol. The summed E-state index contributed by atoms with van der Waals surface area (Å²) in [6, 6.07) is 0.